The number of aliphatic hydroxyl groups is 1. The summed E-state index contributed by atoms with van der Waals surface area (Å²) in [5.41, 5.74) is 8.23. The topological polar surface area (TPSA) is 55.5 Å². The van der Waals surface area contributed by atoms with Crippen molar-refractivity contribution in [2.24, 2.45) is 11.1 Å². The van der Waals surface area contributed by atoms with Crippen molar-refractivity contribution in [3.05, 3.63) is 34.9 Å². The Hall–Kier alpha value is -0.900. The van der Waals surface area contributed by atoms with E-state index < -0.39 is 5.60 Å². The van der Waals surface area contributed by atoms with Gasteiger partial charge in [-0.3, -0.25) is 0 Å². The summed E-state index contributed by atoms with van der Waals surface area (Å²) in [5, 5.41) is 11.3. The quantitative estimate of drug-likeness (QED) is 0.890. The average Bonchev–Trinajstić information content (AvgIpc) is 3.02. The zero-order valence-electron chi connectivity index (χ0n) is 12.6. The van der Waals surface area contributed by atoms with Gasteiger partial charge in [0.2, 0.25) is 0 Å². The SMILES string of the molecule is Cc1ccc(C(C)(O)C2(CN)CC3CCC2O3)cc1C. The molecule has 0 aliphatic carbocycles. The Kier molecular flexibility index (Phi) is 3.20. The molecular formula is C17H25NO2. The molecule has 1 aromatic rings. The molecule has 3 heteroatoms. The Labute approximate surface area is 121 Å². The first-order valence-corrected chi connectivity index (χ1v) is 7.56. The third-order valence-corrected chi connectivity index (χ3v) is 5.72. The summed E-state index contributed by atoms with van der Waals surface area (Å²) >= 11 is 0. The summed E-state index contributed by atoms with van der Waals surface area (Å²) in [5.74, 6) is 0. The standard InChI is InChI=1S/C17H25NO2/c1-11-4-5-13(8-12(11)2)16(3,19)17(10-18)9-14-6-7-15(17)20-14/h4-5,8,14-15,19H,6-7,9-10,18H2,1-3H3. The van der Waals surface area contributed by atoms with Crippen LogP contribution in [0.2, 0.25) is 0 Å². The fraction of sp³-hybridized carbons (Fsp3) is 0.647. The Balaban J connectivity index is 2.03. The molecule has 20 heavy (non-hydrogen) atoms. The fourth-order valence-electron chi connectivity index (χ4n) is 4.06. The van der Waals surface area contributed by atoms with Gasteiger partial charge in [-0.15, -0.1) is 0 Å². The molecule has 0 saturated carbocycles. The van der Waals surface area contributed by atoms with Gasteiger partial charge in [-0.25, -0.2) is 0 Å². The average molecular weight is 275 g/mol. The van der Waals surface area contributed by atoms with E-state index in [2.05, 4.69) is 26.0 Å². The molecule has 0 aromatic heterocycles. The van der Waals surface area contributed by atoms with Gasteiger partial charge in [-0.2, -0.15) is 0 Å². The Bertz CT molecular complexity index is 526. The molecule has 0 amide bonds. The highest BCUT2D eigenvalue weighted by atomic mass is 16.5. The van der Waals surface area contributed by atoms with E-state index in [1.54, 1.807) is 0 Å². The number of benzene rings is 1. The number of ether oxygens (including phenoxy) is 1. The Morgan fingerprint density at radius 1 is 1.35 bits per heavy atom. The van der Waals surface area contributed by atoms with Gasteiger partial charge in [-0.05, 0) is 56.7 Å². The molecule has 2 aliphatic heterocycles. The summed E-state index contributed by atoms with van der Waals surface area (Å²) in [6.07, 6.45) is 3.36. The lowest BCUT2D eigenvalue weighted by molar-refractivity contribution is -0.105. The van der Waals surface area contributed by atoms with Gasteiger partial charge in [0, 0.05) is 12.0 Å². The van der Waals surface area contributed by atoms with Crippen LogP contribution < -0.4 is 5.73 Å². The maximum absolute atomic E-state index is 11.3. The fourth-order valence-corrected chi connectivity index (χ4v) is 4.06. The highest BCUT2D eigenvalue weighted by Gasteiger charge is 2.60. The molecule has 3 N–H and O–H groups in total. The molecule has 4 atom stereocenters. The molecule has 110 valence electrons. The molecule has 4 unspecified atom stereocenters. The van der Waals surface area contributed by atoms with Gasteiger partial charge >= 0.3 is 0 Å². The Morgan fingerprint density at radius 2 is 2.10 bits per heavy atom. The van der Waals surface area contributed by atoms with Gasteiger partial charge in [-0.1, -0.05) is 18.2 Å². The molecule has 2 aliphatic rings. The molecule has 2 bridgehead atoms. The van der Waals surface area contributed by atoms with Gasteiger partial charge in [0.1, 0.15) is 0 Å². The van der Waals surface area contributed by atoms with Crippen LogP contribution in [0.15, 0.2) is 18.2 Å². The van der Waals surface area contributed by atoms with Crippen LogP contribution in [-0.2, 0) is 10.3 Å². The summed E-state index contributed by atoms with van der Waals surface area (Å²) < 4.78 is 6.00. The number of hydrogen-bond donors (Lipinski definition) is 2. The van der Waals surface area contributed by atoms with Crippen LogP contribution in [0.4, 0.5) is 0 Å². The molecule has 1 aromatic carbocycles. The van der Waals surface area contributed by atoms with Crippen molar-refractivity contribution in [1.82, 2.24) is 0 Å². The molecule has 2 saturated heterocycles. The predicted octanol–water partition coefficient (Wildman–Crippen LogP) is 2.41. The first-order chi connectivity index (χ1) is 9.40. The van der Waals surface area contributed by atoms with E-state index in [0.29, 0.717) is 6.54 Å². The van der Waals surface area contributed by atoms with Gasteiger partial charge in [0.05, 0.1) is 17.8 Å². The molecule has 0 radical (unpaired) electrons. The third-order valence-electron chi connectivity index (χ3n) is 5.72. The lowest BCUT2D eigenvalue weighted by Crippen LogP contribution is -2.54. The number of aryl methyl sites for hydroxylation is 2. The first kappa shape index (κ1) is 14.1. The second kappa shape index (κ2) is 4.55. The van der Waals surface area contributed by atoms with E-state index in [9.17, 15) is 5.11 Å². The highest BCUT2D eigenvalue weighted by Crippen LogP contribution is 2.56. The zero-order valence-corrected chi connectivity index (χ0v) is 12.6. The van der Waals surface area contributed by atoms with E-state index in [1.165, 1.54) is 11.1 Å². The van der Waals surface area contributed by atoms with Crippen molar-refractivity contribution >= 4 is 0 Å². The van der Waals surface area contributed by atoms with Crippen LogP contribution in [0.5, 0.6) is 0 Å². The lowest BCUT2D eigenvalue weighted by Gasteiger charge is -2.46. The number of nitrogens with two attached hydrogens (primary N) is 1. The summed E-state index contributed by atoms with van der Waals surface area (Å²) in [4.78, 5) is 0. The maximum Gasteiger partial charge on any atom is 0.0962 e. The van der Waals surface area contributed by atoms with Crippen molar-refractivity contribution in [3.8, 4) is 0 Å². The number of hydrogen-bond acceptors (Lipinski definition) is 3. The second-order valence-electron chi connectivity index (χ2n) is 6.76. The minimum atomic E-state index is -0.944. The summed E-state index contributed by atoms with van der Waals surface area (Å²) in [6, 6.07) is 6.21. The number of rotatable bonds is 3. The van der Waals surface area contributed by atoms with Gasteiger partial charge in [0.15, 0.2) is 0 Å². The first-order valence-electron chi connectivity index (χ1n) is 7.56. The van der Waals surface area contributed by atoms with E-state index in [1.807, 2.05) is 13.0 Å². The van der Waals surface area contributed by atoms with Crippen LogP contribution in [-0.4, -0.2) is 23.9 Å². The normalized spacial score (nSPS) is 35.2. The van der Waals surface area contributed by atoms with Crippen molar-refractivity contribution in [2.75, 3.05) is 6.54 Å². The summed E-state index contributed by atoms with van der Waals surface area (Å²) in [6.45, 7) is 6.55. The molecule has 0 spiro atoms. The molecule has 3 rings (SSSR count). The van der Waals surface area contributed by atoms with Crippen LogP contribution in [0.25, 0.3) is 0 Å². The van der Waals surface area contributed by atoms with E-state index in [4.69, 9.17) is 10.5 Å². The van der Waals surface area contributed by atoms with E-state index in [-0.39, 0.29) is 17.6 Å². The monoisotopic (exact) mass is 275 g/mol. The van der Waals surface area contributed by atoms with E-state index >= 15 is 0 Å². The predicted molar refractivity (Wildman–Crippen MR) is 79.5 cm³/mol. The van der Waals surface area contributed by atoms with Crippen LogP contribution in [0.1, 0.15) is 42.9 Å². The van der Waals surface area contributed by atoms with Crippen molar-refractivity contribution in [2.45, 2.75) is 57.8 Å². The Morgan fingerprint density at radius 3 is 2.60 bits per heavy atom. The largest absolute Gasteiger partial charge is 0.385 e. The van der Waals surface area contributed by atoms with E-state index in [0.717, 1.165) is 24.8 Å². The van der Waals surface area contributed by atoms with Crippen LogP contribution in [0, 0.1) is 19.3 Å². The third kappa shape index (κ3) is 1.77. The number of fused-ring (bicyclic) bond motifs is 2. The van der Waals surface area contributed by atoms with Crippen molar-refractivity contribution in [3.63, 3.8) is 0 Å². The summed E-state index contributed by atoms with van der Waals surface area (Å²) in [7, 11) is 0. The van der Waals surface area contributed by atoms with Crippen molar-refractivity contribution < 1.29 is 9.84 Å². The van der Waals surface area contributed by atoms with Crippen LogP contribution in [0.3, 0.4) is 0 Å². The smallest absolute Gasteiger partial charge is 0.0962 e. The van der Waals surface area contributed by atoms with Crippen LogP contribution >= 0.6 is 0 Å². The maximum atomic E-state index is 11.3. The molecule has 3 nitrogen and oxygen atoms in total. The highest BCUT2D eigenvalue weighted by molar-refractivity contribution is 5.35. The molecule has 2 heterocycles. The lowest BCUT2D eigenvalue weighted by atomic mass is 9.61. The van der Waals surface area contributed by atoms with Gasteiger partial charge in [0.25, 0.3) is 0 Å². The zero-order chi connectivity index (χ0) is 14.5. The molecular weight excluding hydrogens is 250 g/mol. The second-order valence-corrected chi connectivity index (χ2v) is 6.76. The minimum absolute atomic E-state index is 0.0918. The minimum Gasteiger partial charge on any atom is -0.385 e. The molecule has 2 fully saturated rings. The van der Waals surface area contributed by atoms with Gasteiger partial charge < -0.3 is 15.6 Å². The van der Waals surface area contributed by atoms with Crippen molar-refractivity contribution in [1.29, 1.82) is 0 Å².